The molecule has 57 heavy (non-hydrogen) atoms. The lowest BCUT2D eigenvalue weighted by Gasteiger charge is -2.42. The molecule has 6 aromatic rings. The summed E-state index contributed by atoms with van der Waals surface area (Å²) in [5.74, 6) is 0. The van der Waals surface area contributed by atoms with E-state index in [2.05, 4.69) is 14.7 Å². The van der Waals surface area contributed by atoms with Gasteiger partial charge in [-0.25, -0.2) is 12.6 Å². The summed E-state index contributed by atoms with van der Waals surface area (Å²) in [5.41, 5.74) is 0. The van der Waals surface area contributed by atoms with Crippen LogP contribution in [0.5, 0.6) is 0 Å². The topological polar surface area (TPSA) is 88.6 Å². The highest BCUT2D eigenvalue weighted by Crippen LogP contribution is 2.24. The molecule has 3 atom stereocenters. The van der Waals surface area contributed by atoms with Gasteiger partial charge in [0.2, 0.25) is 0 Å². The van der Waals surface area contributed by atoms with Gasteiger partial charge < -0.3 is 0 Å². The molecule has 0 radical (unpaired) electrons. The highest BCUT2D eigenvalue weighted by molar-refractivity contribution is 8.30. The molecule has 300 valence electrons. The molecule has 0 spiro atoms. The smallest absolute Gasteiger partial charge is 0.173 e. The molecule has 1 aliphatic rings. The van der Waals surface area contributed by atoms with Gasteiger partial charge in [0.25, 0.3) is 0 Å². The van der Waals surface area contributed by atoms with Crippen molar-refractivity contribution < 1.29 is 25.2 Å². The molecule has 7 rings (SSSR count). The first-order chi connectivity index (χ1) is 27.4. The molecule has 1 heterocycles. The minimum absolute atomic E-state index is 0.247. The molecule has 0 aliphatic carbocycles. The van der Waals surface area contributed by atoms with Crippen LogP contribution in [-0.4, -0.2) is 86.8 Å². The lowest BCUT2D eigenvalue weighted by molar-refractivity contribution is -0.0334. The first-order valence-corrected chi connectivity index (χ1v) is 26.0. The summed E-state index contributed by atoms with van der Waals surface area (Å²) < 4.78 is 57.7. The van der Waals surface area contributed by atoms with E-state index in [1.165, 1.54) is 0 Å². The van der Waals surface area contributed by atoms with Gasteiger partial charge in [0, 0.05) is 53.2 Å². The van der Waals surface area contributed by atoms with E-state index < -0.39 is 26.3 Å². The Morgan fingerprint density at radius 3 is 0.947 bits per heavy atom. The van der Waals surface area contributed by atoms with Crippen LogP contribution in [0.15, 0.2) is 142 Å². The van der Waals surface area contributed by atoms with Crippen molar-refractivity contribution in [2.24, 2.45) is 0 Å². The van der Waals surface area contributed by atoms with Gasteiger partial charge >= 0.3 is 0 Å². The van der Waals surface area contributed by atoms with Crippen LogP contribution in [0, 0.1) is 0 Å². The first kappa shape index (κ1) is 42.1. The molecular formula is C42H45N3O6S6. The number of fused-ring (bicyclic) bond motifs is 3. The van der Waals surface area contributed by atoms with Crippen molar-refractivity contribution in [1.82, 2.24) is 14.7 Å². The first-order valence-electron chi connectivity index (χ1n) is 18.8. The van der Waals surface area contributed by atoms with Crippen molar-refractivity contribution in [3.63, 3.8) is 0 Å². The molecule has 1 fully saturated rings. The van der Waals surface area contributed by atoms with Gasteiger partial charge in [-0.05, 0) is 88.0 Å². The second kappa shape index (κ2) is 18.9. The fourth-order valence-electron chi connectivity index (χ4n) is 6.95. The number of nitrogens with zero attached hydrogens (tertiary/aromatic N) is 3. The SMILES string of the molecule is O=S(=S)(OCCCN1CN(CCCOS(=O)(=S)c2ccc3ccccc3c2)CN(CCCOS(=O)(=S)c2ccc3ccccc3c2)C1)c1ccc2ccccc2c1. The van der Waals surface area contributed by atoms with E-state index in [-0.39, 0.29) is 19.8 Å². The second-order valence-electron chi connectivity index (χ2n) is 14.0. The lowest BCUT2D eigenvalue weighted by atomic mass is 10.1. The number of hydrogen-bond acceptors (Lipinski definition) is 12. The summed E-state index contributed by atoms with van der Waals surface area (Å²) in [4.78, 5) is 8.40. The zero-order valence-corrected chi connectivity index (χ0v) is 36.2. The van der Waals surface area contributed by atoms with Crippen LogP contribution in [0.3, 0.4) is 0 Å². The van der Waals surface area contributed by atoms with Crippen molar-refractivity contribution in [3.05, 3.63) is 127 Å². The van der Waals surface area contributed by atoms with Crippen LogP contribution in [0.4, 0.5) is 0 Å². The third-order valence-corrected chi connectivity index (χ3v) is 16.3. The molecular weight excluding hydrogens is 835 g/mol. The number of benzene rings is 6. The highest BCUT2D eigenvalue weighted by atomic mass is 32.9. The van der Waals surface area contributed by atoms with Gasteiger partial charge in [0.1, 0.15) is 0 Å². The monoisotopic (exact) mass is 879 g/mol. The van der Waals surface area contributed by atoms with Crippen LogP contribution < -0.4 is 0 Å². The van der Waals surface area contributed by atoms with Crippen molar-refractivity contribution in [2.75, 3.05) is 59.5 Å². The average Bonchev–Trinajstić information content (AvgIpc) is 3.22. The molecule has 1 saturated heterocycles. The van der Waals surface area contributed by atoms with Gasteiger partial charge in [0.15, 0.2) is 26.3 Å². The van der Waals surface area contributed by atoms with E-state index in [9.17, 15) is 12.6 Å². The molecule has 3 unspecified atom stereocenters. The maximum atomic E-state index is 13.4. The molecule has 15 heteroatoms. The number of rotatable bonds is 18. The largest absolute Gasteiger partial charge is 0.286 e. The van der Waals surface area contributed by atoms with E-state index in [0.717, 1.165) is 32.3 Å². The summed E-state index contributed by atoms with van der Waals surface area (Å²) in [5, 5.41) is 6.05. The molecule has 0 amide bonds. The summed E-state index contributed by atoms with van der Waals surface area (Å²) in [6.07, 6.45) is 1.88. The van der Waals surface area contributed by atoms with Crippen molar-refractivity contribution >= 4 is 92.2 Å². The van der Waals surface area contributed by atoms with Crippen molar-refractivity contribution in [2.45, 2.75) is 33.9 Å². The van der Waals surface area contributed by atoms with E-state index in [1.807, 2.05) is 109 Å². The predicted octanol–water partition coefficient (Wildman–Crippen LogP) is 7.62. The molecule has 0 bridgehead atoms. The Balaban J connectivity index is 0.931. The average molecular weight is 880 g/mol. The standard InChI is InChI=1S/C42H45N3O6S6/c46-55(52,40-19-16-34-10-1-4-13-37(34)28-40)49-25-7-22-43-31-44(23-8-26-50-56(47,53)41-20-17-35-11-2-5-14-38(35)29-41)33-45(32-43)24-9-27-51-57(48,54)42-21-18-36-12-3-6-15-39(36)30-42/h1-6,10-21,28-30H,7-9,22-27,31-33H2. The van der Waals surface area contributed by atoms with Crippen molar-refractivity contribution in [1.29, 1.82) is 0 Å². The molecule has 0 N–H and O–H groups in total. The van der Waals surface area contributed by atoms with E-state index in [0.29, 0.717) is 73.6 Å². The van der Waals surface area contributed by atoms with Gasteiger partial charge in [0.05, 0.1) is 54.5 Å². The Hall–Kier alpha value is -3.03. The van der Waals surface area contributed by atoms with Gasteiger partial charge in [-0.15, -0.1) is 0 Å². The molecule has 1 aliphatic heterocycles. The zero-order valence-electron chi connectivity index (χ0n) is 31.4. The molecule has 6 aromatic carbocycles. The third-order valence-electron chi connectivity index (χ3n) is 9.80. The Kier molecular flexibility index (Phi) is 14.0. The Morgan fingerprint density at radius 2 is 0.667 bits per heavy atom. The van der Waals surface area contributed by atoms with Crippen LogP contribution >= 0.6 is 0 Å². The minimum atomic E-state index is -3.09. The predicted molar refractivity (Wildman–Crippen MR) is 240 cm³/mol. The van der Waals surface area contributed by atoms with Gasteiger partial charge in [-0.1, -0.05) is 91.0 Å². The summed E-state index contributed by atoms with van der Waals surface area (Å²) in [7, 11) is -9.27. The number of hydrogen-bond donors (Lipinski definition) is 0. The maximum absolute atomic E-state index is 13.4. The summed E-state index contributed by atoms with van der Waals surface area (Å²) >= 11 is 16.4. The summed E-state index contributed by atoms with van der Waals surface area (Å²) in [6, 6.07) is 40.3. The second-order valence-corrected chi connectivity index (χ2v) is 22.8. The lowest BCUT2D eigenvalue weighted by Crippen LogP contribution is -2.55. The quantitative estimate of drug-likeness (QED) is 0.0797. The fourth-order valence-corrected chi connectivity index (χ4v) is 11.4. The Labute approximate surface area is 350 Å². The van der Waals surface area contributed by atoms with Crippen LogP contribution in [0.25, 0.3) is 32.3 Å². The van der Waals surface area contributed by atoms with Gasteiger partial charge in [-0.2, -0.15) is 0 Å². The Bertz CT molecular complexity index is 2380. The fraction of sp³-hybridized carbons (Fsp3) is 0.286. The highest BCUT2D eigenvalue weighted by Gasteiger charge is 2.24. The van der Waals surface area contributed by atoms with Crippen LogP contribution in [0.1, 0.15) is 19.3 Å². The zero-order chi connectivity index (χ0) is 39.9. The van der Waals surface area contributed by atoms with Crippen LogP contribution in [0.2, 0.25) is 0 Å². The Morgan fingerprint density at radius 1 is 0.404 bits per heavy atom. The molecule has 0 aromatic heterocycles. The maximum Gasteiger partial charge on any atom is 0.173 e. The van der Waals surface area contributed by atoms with E-state index in [4.69, 9.17) is 46.1 Å². The van der Waals surface area contributed by atoms with E-state index in [1.54, 1.807) is 18.2 Å². The van der Waals surface area contributed by atoms with Crippen molar-refractivity contribution in [3.8, 4) is 0 Å². The molecule has 9 nitrogen and oxygen atoms in total. The van der Waals surface area contributed by atoms with E-state index >= 15 is 0 Å². The minimum Gasteiger partial charge on any atom is -0.286 e. The van der Waals surface area contributed by atoms with Gasteiger partial charge in [-0.3, -0.25) is 27.2 Å². The van der Waals surface area contributed by atoms with Crippen LogP contribution in [-0.2, 0) is 72.4 Å². The third kappa shape index (κ3) is 11.2. The summed E-state index contributed by atoms with van der Waals surface area (Å²) in [6.45, 7) is 4.88. The normalized spacial score (nSPS) is 17.7. The molecule has 0 saturated carbocycles.